The van der Waals surface area contributed by atoms with Crippen molar-refractivity contribution < 1.29 is 14.7 Å². The first kappa shape index (κ1) is 15.6. The molecule has 3 rings (SSSR count). The summed E-state index contributed by atoms with van der Waals surface area (Å²) in [6.07, 6.45) is 1.65. The molecule has 0 fully saturated rings. The van der Waals surface area contributed by atoms with Crippen molar-refractivity contribution in [1.29, 1.82) is 0 Å². The number of anilines is 1. The second kappa shape index (κ2) is 6.45. The molecule has 1 aromatic heterocycles. The number of nitrogens with one attached hydrogen (secondary N) is 2. The summed E-state index contributed by atoms with van der Waals surface area (Å²) in [5.74, 6) is -0.508. The quantitative estimate of drug-likeness (QED) is 0.690. The fourth-order valence-corrected chi connectivity index (χ4v) is 2.53. The molecule has 24 heavy (non-hydrogen) atoms. The molecule has 0 aliphatic carbocycles. The predicted octanol–water partition coefficient (Wildman–Crippen LogP) is 2.58. The van der Waals surface area contributed by atoms with Crippen LogP contribution in [0.4, 0.5) is 5.69 Å². The minimum absolute atomic E-state index is 0.0658. The Morgan fingerprint density at radius 1 is 1.17 bits per heavy atom. The third kappa shape index (κ3) is 3.22. The van der Waals surface area contributed by atoms with Gasteiger partial charge in [0.2, 0.25) is 5.91 Å². The highest BCUT2D eigenvalue weighted by atomic mass is 16.3. The van der Waals surface area contributed by atoms with Gasteiger partial charge in [-0.25, -0.2) is 0 Å². The lowest BCUT2D eigenvalue weighted by molar-refractivity contribution is -0.116. The van der Waals surface area contributed by atoms with Gasteiger partial charge in [0, 0.05) is 35.9 Å². The molecule has 2 aromatic carbocycles. The zero-order valence-corrected chi connectivity index (χ0v) is 13.1. The average Bonchev–Trinajstić information content (AvgIpc) is 2.98. The summed E-state index contributed by atoms with van der Waals surface area (Å²) in [5.41, 5.74) is 1.88. The molecule has 0 radical (unpaired) electrons. The number of fused-ring (bicyclic) bond motifs is 1. The van der Waals surface area contributed by atoms with Crippen LogP contribution in [0, 0.1) is 0 Å². The predicted molar refractivity (Wildman–Crippen MR) is 92.0 cm³/mol. The van der Waals surface area contributed by atoms with E-state index < -0.39 is 0 Å². The van der Waals surface area contributed by atoms with Crippen molar-refractivity contribution in [2.45, 2.75) is 0 Å². The maximum Gasteiger partial charge on any atom is 0.256 e. The van der Waals surface area contributed by atoms with Crippen LogP contribution in [0.15, 0.2) is 54.7 Å². The van der Waals surface area contributed by atoms with Crippen molar-refractivity contribution in [3.8, 4) is 5.75 Å². The van der Waals surface area contributed by atoms with E-state index in [2.05, 4.69) is 10.3 Å². The lowest BCUT2D eigenvalue weighted by Crippen LogP contribution is -2.34. The third-order valence-corrected chi connectivity index (χ3v) is 3.68. The number of amides is 2. The van der Waals surface area contributed by atoms with Crippen molar-refractivity contribution in [3.63, 3.8) is 0 Å². The normalized spacial score (nSPS) is 10.5. The number of aromatic nitrogens is 1. The second-order valence-electron chi connectivity index (χ2n) is 5.51. The van der Waals surface area contributed by atoms with Gasteiger partial charge in [-0.1, -0.05) is 24.3 Å². The Morgan fingerprint density at radius 2 is 1.96 bits per heavy atom. The number of H-pyrrole nitrogens is 1. The largest absolute Gasteiger partial charge is 0.508 e. The maximum atomic E-state index is 12.5. The number of phenolic OH excluding ortho intramolecular Hbond substituents is 1. The van der Waals surface area contributed by atoms with E-state index in [9.17, 15) is 14.7 Å². The van der Waals surface area contributed by atoms with Crippen molar-refractivity contribution in [1.82, 2.24) is 9.88 Å². The Bertz CT molecular complexity index is 901. The molecule has 6 nitrogen and oxygen atoms in total. The second-order valence-corrected chi connectivity index (χ2v) is 5.51. The van der Waals surface area contributed by atoms with Gasteiger partial charge in [-0.15, -0.1) is 0 Å². The van der Waals surface area contributed by atoms with Gasteiger partial charge >= 0.3 is 0 Å². The van der Waals surface area contributed by atoms with Crippen LogP contribution < -0.4 is 5.32 Å². The molecule has 0 bridgehead atoms. The Labute approximate surface area is 138 Å². The number of carbonyl (C=O) groups is 2. The molecular formula is C18H17N3O3. The molecule has 122 valence electrons. The molecule has 0 saturated carbocycles. The van der Waals surface area contributed by atoms with E-state index in [1.165, 1.54) is 17.0 Å². The van der Waals surface area contributed by atoms with E-state index in [1.54, 1.807) is 25.4 Å². The van der Waals surface area contributed by atoms with Crippen LogP contribution in [-0.2, 0) is 4.79 Å². The molecule has 3 N–H and O–H groups in total. The topological polar surface area (TPSA) is 85.4 Å². The molecule has 1 heterocycles. The van der Waals surface area contributed by atoms with E-state index in [0.29, 0.717) is 11.3 Å². The van der Waals surface area contributed by atoms with Gasteiger partial charge in [0.1, 0.15) is 5.75 Å². The monoisotopic (exact) mass is 323 g/mol. The summed E-state index contributed by atoms with van der Waals surface area (Å²) in [6.45, 7) is -0.0893. The van der Waals surface area contributed by atoms with Gasteiger partial charge in [-0.05, 0) is 18.2 Å². The minimum atomic E-state index is -0.337. The number of hydrogen-bond donors (Lipinski definition) is 3. The van der Waals surface area contributed by atoms with Crippen LogP contribution >= 0.6 is 0 Å². The molecule has 6 heteroatoms. The summed E-state index contributed by atoms with van der Waals surface area (Å²) >= 11 is 0. The van der Waals surface area contributed by atoms with Crippen molar-refractivity contribution >= 4 is 28.4 Å². The van der Waals surface area contributed by atoms with Crippen LogP contribution in [0.5, 0.6) is 5.75 Å². The zero-order valence-electron chi connectivity index (χ0n) is 13.1. The highest BCUT2D eigenvalue weighted by Gasteiger charge is 2.18. The molecular weight excluding hydrogens is 306 g/mol. The number of para-hydroxylation sites is 1. The first-order valence-electron chi connectivity index (χ1n) is 7.45. The van der Waals surface area contributed by atoms with E-state index in [1.807, 2.05) is 24.3 Å². The number of likely N-dealkylation sites (N-methyl/N-ethyl adjacent to an activating group) is 1. The van der Waals surface area contributed by atoms with E-state index in [0.717, 1.165) is 10.9 Å². The van der Waals surface area contributed by atoms with Crippen LogP contribution in [0.3, 0.4) is 0 Å². The molecule has 0 aliphatic heterocycles. The fraction of sp³-hybridized carbons (Fsp3) is 0.111. The fourth-order valence-electron chi connectivity index (χ4n) is 2.53. The number of nitrogens with zero attached hydrogens (tertiary/aromatic N) is 1. The Balaban J connectivity index is 1.69. The number of hydrogen-bond acceptors (Lipinski definition) is 3. The van der Waals surface area contributed by atoms with Gasteiger partial charge in [-0.3, -0.25) is 9.59 Å². The van der Waals surface area contributed by atoms with Crippen LogP contribution in [0.25, 0.3) is 10.9 Å². The molecule has 0 aliphatic rings. The highest BCUT2D eigenvalue weighted by Crippen LogP contribution is 2.19. The maximum absolute atomic E-state index is 12.5. The zero-order chi connectivity index (χ0) is 17.1. The van der Waals surface area contributed by atoms with Crippen molar-refractivity contribution in [2.75, 3.05) is 18.9 Å². The molecule has 3 aromatic rings. The molecule has 0 atom stereocenters. The standard InChI is InChI=1S/C18H17N3O3/c1-21(11-17(23)20-12-5-4-6-13(22)9-12)18(24)15-10-19-16-8-3-2-7-14(15)16/h2-10,19,22H,11H2,1H3,(H,20,23). The smallest absolute Gasteiger partial charge is 0.256 e. The SMILES string of the molecule is CN(CC(=O)Nc1cccc(O)c1)C(=O)c1c[nH]c2ccccc12. The van der Waals surface area contributed by atoms with Crippen LogP contribution in [-0.4, -0.2) is 40.4 Å². The van der Waals surface area contributed by atoms with Gasteiger partial charge in [0.25, 0.3) is 5.91 Å². The number of benzene rings is 2. The average molecular weight is 323 g/mol. The summed E-state index contributed by atoms with van der Waals surface area (Å²) in [6, 6.07) is 13.8. The third-order valence-electron chi connectivity index (χ3n) is 3.68. The van der Waals surface area contributed by atoms with Crippen molar-refractivity contribution in [3.05, 3.63) is 60.3 Å². The van der Waals surface area contributed by atoms with E-state index >= 15 is 0 Å². The van der Waals surface area contributed by atoms with Gasteiger partial charge < -0.3 is 20.3 Å². The van der Waals surface area contributed by atoms with Gasteiger partial charge in [-0.2, -0.15) is 0 Å². The first-order chi connectivity index (χ1) is 11.5. The lowest BCUT2D eigenvalue weighted by atomic mass is 10.1. The molecule has 0 unspecified atom stereocenters. The van der Waals surface area contributed by atoms with Gasteiger partial charge in [0.05, 0.1) is 12.1 Å². The number of rotatable bonds is 4. The number of aromatic hydroxyl groups is 1. The first-order valence-corrected chi connectivity index (χ1v) is 7.45. The van der Waals surface area contributed by atoms with Crippen LogP contribution in [0.1, 0.15) is 10.4 Å². The summed E-state index contributed by atoms with van der Waals surface area (Å²) in [4.78, 5) is 29.0. The summed E-state index contributed by atoms with van der Waals surface area (Å²) < 4.78 is 0. The summed E-state index contributed by atoms with van der Waals surface area (Å²) in [7, 11) is 1.58. The Hall–Kier alpha value is -3.28. The van der Waals surface area contributed by atoms with Crippen LogP contribution in [0.2, 0.25) is 0 Å². The Morgan fingerprint density at radius 3 is 2.75 bits per heavy atom. The number of phenols is 1. The minimum Gasteiger partial charge on any atom is -0.508 e. The molecule has 2 amide bonds. The van der Waals surface area contributed by atoms with E-state index in [4.69, 9.17) is 0 Å². The number of carbonyl (C=O) groups excluding carboxylic acids is 2. The lowest BCUT2D eigenvalue weighted by Gasteiger charge is -2.16. The van der Waals surface area contributed by atoms with E-state index in [-0.39, 0.29) is 24.1 Å². The molecule has 0 spiro atoms. The summed E-state index contributed by atoms with van der Waals surface area (Å²) in [5, 5.41) is 12.9. The number of aromatic amines is 1. The highest BCUT2D eigenvalue weighted by molar-refractivity contribution is 6.08. The van der Waals surface area contributed by atoms with Gasteiger partial charge in [0.15, 0.2) is 0 Å². The van der Waals surface area contributed by atoms with Crippen molar-refractivity contribution in [2.24, 2.45) is 0 Å². The molecule has 0 saturated heterocycles. The Kier molecular flexibility index (Phi) is 4.20.